The molecule has 1 heterocycles. The summed E-state index contributed by atoms with van der Waals surface area (Å²) in [6.07, 6.45) is 3.82. The summed E-state index contributed by atoms with van der Waals surface area (Å²) in [5.74, 6) is 1.18. The molecule has 35 heavy (non-hydrogen) atoms. The number of hydrogen-bond donors (Lipinski definition) is 1. The standard InChI is InChI=1S/C24H24ClIN4O4S/c1-24(2,19-10-16(12-27)22(21(25)11-19)33-9-8-26)18-4-6-20(7-5-18)34-14-17-13-28-15-29-23(17)30-35(3,31)32/h4-7,10-11,13,15H,8-9,14H2,1-3H3,(H,28,29,30). The van der Waals surface area contributed by atoms with Crippen LogP contribution in [0, 0.1) is 11.3 Å². The molecule has 0 fully saturated rings. The number of rotatable bonds is 10. The lowest BCUT2D eigenvalue weighted by atomic mass is 9.77. The number of aromatic nitrogens is 2. The number of anilines is 1. The number of alkyl halides is 1. The van der Waals surface area contributed by atoms with Gasteiger partial charge in [-0.2, -0.15) is 5.26 Å². The fraction of sp³-hybridized carbons (Fsp3) is 0.292. The number of nitriles is 1. The summed E-state index contributed by atoms with van der Waals surface area (Å²) in [5.41, 5.74) is 2.33. The van der Waals surface area contributed by atoms with Crippen LogP contribution >= 0.6 is 34.2 Å². The van der Waals surface area contributed by atoms with Crippen molar-refractivity contribution in [1.29, 1.82) is 5.26 Å². The fourth-order valence-corrected chi connectivity index (χ4v) is 4.38. The van der Waals surface area contributed by atoms with Gasteiger partial charge in [0.25, 0.3) is 0 Å². The molecule has 0 bridgehead atoms. The molecule has 3 aromatic rings. The summed E-state index contributed by atoms with van der Waals surface area (Å²) >= 11 is 8.67. The van der Waals surface area contributed by atoms with Crippen molar-refractivity contribution in [3.8, 4) is 17.6 Å². The summed E-state index contributed by atoms with van der Waals surface area (Å²) < 4.78 is 37.8. The van der Waals surface area contributed by atoms with Crippen molar-refractivity contribution in [2.45, 2.75) is 25.9 Å². The third-order valence-electron chi connectivity index (χ3n) is 5.25. The lowest BCUT2D eigenvalue weighted by molar-refractivity contribution is 0.306. The number of nitrogens with one attached hydrogen (secondary N) is 1. The Kier molecular flexibility index (Phi) is 8.79. The summed E-state index contributed by atoms with van der Waals surface area (Å²) in [7, 11) is -3.48. The molecule has 184 valence electrons. The van der Waals surface area contributed by atoms with E-state index in [0.29, 0.717) is 34.3 Å². The monoisotopic (exact) mass is 626 g/mol. The minimum Gasteiger partial charge on any atom is -0.490 e. The van der Waals surface area contributed by atoms with E-state index < -0.39 is 15.4 Å². The number of nitrogens with zero attached hydrogens (tertiary/aromatic N) is 3. The van der Waals surface area contributed by atoms with Crippen molar-refractivity contribution in [2.75, 3.05) is 22.0 Å². The molecular formula is C24H24ClIN4O4S. The van der Waals surface area contributed by atoms with Crippen LogP contribution in [0.4, 0.5) is 5.82 Å². The molecule has 0 atom stereocenters. The van der Waals surface area contributed by atoms with Crippen LogP contribution < -0.4 is 14.2 Å². The quantitative estimate of drug-likeness (QED) is 0.246. The summed E-state index contributed by atoms with van der Waals surface area (Å²) in [5, 5.41) is 10.0. The Balaban J connectivity index is 1.79. The topological polar surface area (TPSA) is 114 Å². The van der Waals surface area contributed by atoms with Gasteiger partial charge in [-0.15, -0.1) is 0 Å². The van der Waals surface area contributed by atoms with Gasteiger partial charge in [-0.25, -0.2) is 18.4 Å². The van der Waals surface area contributed by atoms with Crippen LogP contribution in [0.2, 0.25) is 5.02 Å². The van der Waals surface area contributed by atoms with Gasteiger partial charge in [-0.1, -0.05) is 60.2 Å². The molecule has 11 heteroatoms. The molecule has 1 N–H and O–H groups in total. The van der Waals surface area contributed by atoms with Crippen molar-refractivity contribution in [2.24, 2.45) is 0 Å². The van der Waals surface area contributed by atoms with Crippen molar-refractivity contribution in [1.82, 2.24) is 9.97 Å². The predicted molar refractivity (Wildman–Crippen MR) is 144 cm³/mol. The van der Waals surface area contributed by atoms with E-state index in [1.54, 1.807) is 0 Å². The van der Waals surface area contributed by atoms with E-state index in [1.807, 2.05) is 50.2 Å². The van der Waals surface area contributed by atoms with Crippen LogP contribution in [0.15, 0.2) is 48.9 Å². The van der Waals surface area contributed by atoms with Gasteiger partial charge in [-0.3, -0.25) is 4.72 Å². The van der Waals surface area contributed by atoms with Gasteiger partial charge in [0.05, 0.1) is 29.0 Å². The van der Waals surface area contributed by atoms with Crippen LogP contribution in [-0.2, 0) is 22.0 Å². The molecule has 0 unspecified atom stereocenters. The summed E-state index contributed by atoms with van der Waals surface area (Å²) in [6.45, 7) is 4.65. The molecule has 0 aliphatic rings. The molecule has 0 saturated heterocycles. The molecule has 2 aromatic carbocycles. The first-order valence-corrected chi connectivity index (χ1v) is 14.3. The largest absolute Gasteiger partial charge is 0.490 e. The first kappa shape index (κ1) is 27.0. The van der Waals surface area contributed by atoms with Crippen molar-refractivity contribution >= 4 is 50.0 Å². The smallest absolute Gasteiger partial charge is 0.230 e. The van der Waals surface area contributed by atoms with Crippen LogP contribution in [0.3, 0.4) is 0 Å². The second kappa shape index (κ2) is 11.4. The first-order chi connectivity index (χ1) is 16.5. The maximum atomic E-state index is 11.6. The predicted octanol–water partition coefficient (Wildman–Crippen LogP) is 5.09. The molecule has 0 spiro atoms. The Bertz CT molecular complexity index is 1340. The van der Waals surface area contributed by atoms with Gasteiger partial charge in [0.2, 0.25) is 10.0 Å². The molecule has 0 aliphatic heterocycles. The van der Waals surface area contributed by atoms with E-state index in [1.165, 1.54) is 12.5 Å². The number of benzene rings is 2. The Morgan fingerprint density at radius 3 is 2.51 bits per heavy atom. The number of hydrogen-bond acceptors (Lipinski definition) is 7. The van der Waals surface area contributed by atoms with E-state index >= 15 is 0 Å². The van der Waals surface area contributed by atoms with Crippen molar-refractivity contribution in [3.05, 3.63) is 76.2 Å². The number of sulfonamides is 1. The van der Waals surface area contributed by atoms with E-state index in [2.05, 4.69) is 43.4 Å². The third kappa shape index (κ3) is 6.96. The molecule has 0 amide bonds. The summed E-state index contributed by atoms with van der Waals surface area (Å²) in [4.78, 5) is 7.92. The highest BCUT2D eigenvalue weighted by atomic mass is 127. The van der Waals surface area contributed by atoms with Crippen LogP contribution in [0.1, 0.15) is 36.1 Å². The van der Waals surface area contributed by atoms with Gasteiger partial charge in [-0.05, 0) is 35.4 Å². The number of ether oxygens (including phenoxy) is 2. The highest BCUT2D eigenvalue weighted by molar-refractivity contribution is 14.1. The zero-order chi connectivity index (χ0) is 25.6. The molecule has 0 radical (unpaired) electrons. The zero-order valence-electron chi connectivity index (χ0n) is 19.4. The van der Waals surface area contributed by atoms with E-state index in [-0.39, 0.29) is 12.4 Å². The van der Waals surface area contributed by atoms with E-state index in [4.69, 9.17) is 21.1 Å². The SMILES string of the molecule is CC(C)(c1ccc(OCc2cncnc2NS(C)(=O)=O)cc1)c1cc(Cl)c(OCCI)c(C#N)c1. The molecule has 1 aromatic heterocycles. The number of halogens is 2. The second-order valence-electron chi connectivity index (χ2n) is 8.19. The van der Waals surface area contributed by atoms with Gasteiger partial charge in [0.1, 0.15) is 30.6 Å². The van der Waals surface area contributed by atoms with Gasteiger partial charge in [0, 0.05) is 16.0 Å². The Labute approximate surface area is 223 Å². The third-order valence-corrected chi connectivity index (χ3v) is 6.54. The lowest BCUT2D eigenvalue weighted by Gasteiger charge is -2.27. The first-order valence-electron chi connectivity index (χ1n) is 10.5. The molecule has 0 aliphatic carbocycles. The Morgan fingerprint density at radius 2 is 1.89 bits per heavy atom. The Morgan fingerprint density at radius 1 is 1.17 bits per heavy atom. The molecular weight excluding hydrogens is 603 g/mol. The maximum Gasteiger partial charge on any atom is 0.230 e. The normalized spacial score (nSPS) is 11.5. The molecule has 3 rings (SSSR count). The van der Waals surface area contributed by atoms with Gasteiger partial charge in [0.15, 0.2) is 5.75 Å². The minimum absolute atomic E-state index is 0.0846. The average molecular weight is 627 g/mol. The Hall–Kier alpha value is -2.62. The van der Waals surface area contributed by atoms with Gasteiger partial charge >= 0.3 is 0 Å². The second-order valence-corrected chi connectivity index (χ2v) is 11.4. The average Bonchev–Trinajstić information content (AvgIpc) is 2.81. The van der Waals surface area contributed by atoms with Crippen molar-refractivity contribution < 1.29 is 17.9 Å². The minimum atomic E-state index is -3.48. The van der Waals surface area contributed by atoms with Crippen LogP contribution in [0.25, 0.3) is 0 Å². The van der Waals surface area contributed by atoms with Crippen molar-refractivity contribution in [3.63, 3.8) is 0 Å². The highest BCUT2D eigenvalue weighted by Gasteiger charge is 2.26. The van der Waals surface area contributed by atoms with E-state index in [9.17, 15) is 13.7 Å². The fourth-order valence-electron chi connectivity index (χ4n) is 3.35. The molecule has 0 saturated carbocycles. The van der Waals surface area contributed by atoms with Gasteiger partial charge < -0.3 is 9.47 Å². The summed E-state index contributed by atoms with van der Waals surface area (Å²) in [6, 6.07) is 13.4. The van der Waals surface area contributed by atoms with Crippen LogP contribution in [-0.4, -0.2) is 35.7 Å². The highest BCUT2D eigenvalue weighted by Crippen LogP contribution is 2.38. The maximum absolute atomic E-state index is 11.6. The van der Waals surface area contributed by atoms with E-state index in [0.717, 1.165) is 21.8 Å². The lowest BCUT2D eigenvalue weighted by Crippen LogP contribution is -2.19. The van der Waals surface area contributed by atoms with Crippen LogP contribution in [0.5, 0.6) is 11.5 Å². The molecule has 8 nitrogen and oxygen atoms in total. The zero-order valence-corrected chi connectivity index (χ0v) is 23.1.